The van der Waals surface area contributed by atoms with Crippen molar-refractivity contribution in [3.8, 4) is 5.82 Å². The third-order valence-corrected chi connectivity index (χ3v) is 3.86. The molecule has 2 aromatic heterocycles. The molecular weight excluding hydrogens is 238 g/mol. The van der Waals surface area contributed by atoms with Crippen LogP contribution in [0.3, 0.4) is 0 Å². The van der Waals surface area contributed by atoms with Gasteiger partial charge in [0, 0.05) is 32.1 Å². The summed E-state index contributed by atoms with van der Waals surface area (Å²) in [7, 11) is 2.10. The van der Waals surface area contributed by atoms with Gasteiger partial charge in [0.25, 0.3) is 0 Å². The first-order chi connectivity index (χ1) is 9.24. The molecule has 3 rings (SSSR count). The summed E-state index contributed by atoms with van der Waals surface area (Å²) in [6, 6.07) is 2.02. The summed E-state index contributed by atoms with van der Waals surface area (Å²) in [6.45, 7) is 3.05. The monoisotopic (exact) mass is 257 g/mol. The SMILES string of the molecule is Cc1nccn1-c1cc(N(C)CC2CCC2)ncn1. The second-order valence-corrected chi connectivity index (χ2v) is 5.26. The molecule has 2 heterocycles. The smallest absolute Gasteiger partial charge is 0.143 e. The maximum atomic E-state index is 4.37. The van der Waals surface area contributed by atoms with Crippen LogP contribution in [0.4, 0.5) is 5.82 Å². The van der Waals surface area contributed by atoms with E-state index in [4.69, 9.17) is 0 Å². The molecule has 0 bridgehead atoms. The van der Waals surface area contributed by atoms with Crippen molar-refractivity contribution >= 4 is 5.82 Å². The van der Waals surface area contributed by atoms with Crippen LogP contribution in [0.5, 0.6) is 0 Å². The molecule has 0 aromatic carbocycles. The molecule has 100 valence electrons. The van der Waals surface area contributed by atoms with Crippen molar-refractivity contribution in [3.05, 3.63) is 30.6 Å². The van der Waals surface area contributed by atoms with Crippen LogP contribution in [0.25, 0.3) is 5.82 Å². The van der Waals surface area contributed by atoms with E-state index in [0.717, 1.165) is 29.9 Å². The van der Waals surface area contributed by atoms with Crippen LogP contribution in [0.1, 0.15) is 25.1 Å². The molecule has 0 amide bonds. The van der Waals surface area contributed by atoms with Crippen molar-refractivity contribution in [1.82, 2.24) is 19.5 Å². The summed E-state index contributed by atoms with van der Waals surface area (Å²) in [5, 5.41) is 0. The highest BCUT2D eigenvalue weighted by atomic mass is 15.2. The maximum Gasteiger partial charge on any atom is 0.143 e. The number of hydrogen-bond acceptors (Lipinski definition) is 4. The van der Waals surface area contributed by atoms with Crippen molar-refractivity contribution in [2.75, 3.05) is 18.5 Å². The van der Waals surface area contributed by atoms with E-state index in [1.807, 2.05) is 23.8 Å². The van der Waals surface area contributed by atoms with Gasteiger partial charge in [0.2, 0.25) is 0 Å². The fourth-order valence-electron chi connectivity index (χ4n) is 2.45. The van der Waals surface area contributed by atoms with Crippen molar-refractivity contribution in [3.63, 3.8) is 0 Å². The lowest BCUT2D eigenvalue weighted by molar-refractivity contribution is 0.321. The predicted molar refractivity (Wildman–Crippen MR) is 74.5 cm³/mol. The number of hydrogen-bond donors (Lipinski definition) is 0. The van der Waals surface area contributed by atoms with Crippen molar-refractivity contribution < 1.29 is 0 Å². The quantitative estimate of drug-likeness (QED) is 0.842. The van der Waals surface area contributed by atoms with Gasteiger partial charge in [-0.05, 0) is 25.7 Å². The van der Waals surface area contributed by atoms with E-state index in [-0.39, 0.29) is 0 Å². The summed E-state index contributed by atoms with van der Waals surface area (Å²) in [5.41, 5.74) is 0. The van der Waals surface area contributed by atoms with Gasteiger partial charge in [-0.25, -0.2) is 15.0 Å². The number of nitrogens with zero attached hydrogens (tertiary/aromatic N) is 5. The van der Waals surface area contributed by atoms with Gasteiger partial charge in [-0.2, -0.15) is 0 Å². The second kappa shape index (κ2) is 4.99. The molecular formula is C14H19N5. The molecule has 5 nitrogen and oxygen atoms in total. The zero-order chi connectivity index (χ0) is 13.2. The topological polar surface area (TPSA) is 46.8 Å². The van der Waals surface area contributed by atoms with E-state index in [1.54, 1.807) is 12.5 Å². The summed E-state index contributed by atoms with van der Waals surface area (Å²) in [6.07, 6.45) is 9.41. The van der Waals surface area contributed by atoms with Gasteiger partial charge in [-0.15, -0.1) is 0 Å². The molecule has 0 atom stereocenters. The second-order valence-electron chi connectivity index (χ2n) is 5.26. The third kappa shape index (κ3) is 2.45. The highest BCUT2D eigenvalue weighted by molar-refractivity contribution is 5.43. The lowest BCUT2D eigenvalue weighted by atomic mass is 9.85. The van der Waals surface area contributed by atoms with Crippen LogP contribution in [-0.4, -0.2) is 33.1 Å². The Hall–Kier alpha value is -1.91. The third-order valence-electron chi connectivity index (χ3n) is 3.86. The van der Waals surface area contributed by atoms with Crippen LogP contribution in [0, 0.1) is 12.8 Å². The Morgan fingerprint density at radius 2 is 2.16 bits per heavy atom. The maximum absolute atomic E-state index is 4.37. The Bertz CT molecular complexity index is 558. The van der Waals surface area contributed by atoms with E-state index >= 15 is 0 Å². The average Bonchev–Trinajstić information content (AvgIpc) is 2.80. The summed E-state index contributed by atoms with van der Waals surface area (Å²) >= 11 is 0. The Morgan fingerprint density at radius 1 is 1.32 bits per heavy atom. The molecule has 0 spiro atoms. The first-order valence-electron chi connectivity index (χ1n) is 6.77. The fourth-order valence-corrected chi connectivity index (χ4v) is 2.45. The van der Waals surface area contributed by atoms with Gasteiger partial charge in [0.15, 0.2) is 0 Å². The van der Waals surface area contributed by atoms with E-state index in [0.29, 0.717) is 0 Å². The molecule has 2 aromatic rings. The van der Waals surface area contributed by atoms with Crippen LogP contribution in [-0.2, 0) is 0 Å². The number of aromatic nitrogens is 4. The number of anilines is 1. The number of imidazole rings is 1. The molecule has 0 N–H and O–H groups in total. The zero-order valence-electron chi connectivity index (χ0n) is 11.5. The normalized spacial score (nSPS) is 15.3. The molecule has 0 saturated heterocycles. The molecule has 0 aliphatic heterocycles. The van der Waals surface area contributed by atoms with Crippen LogP contribution in [0.2, 0.25) is 0 Å². The molecule has 5 heteroatoms. The molecule has 0 radical (unpaired) electrons. The van der Waals surface area contributed by atoms with Crippen molar-refractivity contribution in [1.29, 1.82) is 0 Å². The fraction of sp³-hybridized carbons (Fsp3) is 0.500. The molecule has 1 fully saturated rings. The van der Waals surface area contributed by atoms with Gasteiger partial charge in [-0.3, -0.25) is 4.57 Å². The van der Waals surface area contributed by atoms with Crippen molar-refractivity contribution in [2.45, 2.75) is 26.2 Å². The molecule has 0 unspecified atom stereocenters. The first kappa shape index (κ1) is 12.1. The van der Waals surface area contributed by atoms with E-state index in [2.05, 4.69) is 26.9 Å². The van der Waals surface area contributed by atoms with E-state index in [9.17, 15) is 0 Å². The lowest BCUT2D eigenvalue weighted by Crippen LogP contribution is -2.30. The minimum atomic E-state index is 0.832. The van der Waals surface area contributed by atoms with Gasteiger partial charge in [-0.1, -0.05) is 6.42 Å². The highest BCUT2D eigenvalue weighted by Gasteiger charge is 2.19. The lowest BCUT2D eigenvalue weighted by Gasteiger charge is -2.30. The molecule has 1 aliphatic rings. The minimum absolute atomic E-state index is 0.832. The van der Waals surface area contributed by atoms with E-state index < -0.39 is 0 Å². The Morgan fingerprint density at radius 3 is 2.79 bits per heavy atom. The molecule has 1 aliphatic carbocycles. The van der Waals surface area contributed by atoms with E-state index in [1.165, 1.54) is 19.3 Å². The standard InChI is InChI=1S/C14H19N5/c1-11-15-6-7-19(11)14-8-13(16-10-17-14)18(2)9-12-4-3-5-12/h6-8,10,12H,3-5,9H2,1-2H3. The Kier molecular flexibility index (Phi) is 3.19. The van der Waals surface area contributed by atoms with Gasteiger partial charge in [0.05, 0.1) is 0 Å². The Labute approximate surface area is 113 Å². The minimum Gasteiger partial charge on any atom is -0.359 e. The summed E-state index contributed by atoms with van der Waals surface area (Å²) < 4.78 is 1.97. The summed E-state index contributed by atoms with van der Waals surface area (Å²) in [5.74, 6) is 3.62. The van der Waals surface area contributed by atoms with Crippen LogP contribution >= 0.6 is 0 Å². The number of aryl methyl sites for hydroxylation is 1. The highest BCUT2D eigenvalue weighted by Crippen LogP contribution is 2.28. The van der Waals surface area contributed by atoms with Gasteiger partial charge < -0.3 is 4.90 Å². The average molecular weight is 257 g/mol. The number of rotatable bonds is 4. The van der Waals surface area contributed by atoms with Crippen LogP contribution < -0.4 is 4.90 Å². The van der Waals surface area contributed by atoms with Crippen LogP contribution in [0.15, 0.2) is 24.8 Å². The summed E-state index contributed by atoms with van der Waals surface area (Å²) in [4.78, 5) is 15.1. The molecule has 1 saturated carbocycles. The van der Waals surface area contributed by atoms with Gasteiger partial charge in [0.1, 0.15) is 23.8 Å². The van der Waals surface area contributed by atoms with Crippen molar-refractivity contribution in [2.24, 2.45) is 5.92 Å². The zero-order valence-corrected chi connectivity index (χ0v) is 11.5. The van der Waals surface area contributed by atoms with Gasteiger partial charge >= 0.3 is 0 Å². The molecule has 19 heavy (non-hydrogen) atoms. The largest absolute Gasteiger partial charge is 0.359 e. The Balaban J connectivity index is 1.81. The predicted octanol–water partition coefficient (Wildman–Crippen LogP) is 2.21. The first-order valence-corrected chi connectivity index (χ1v) is 6.77.